The van der Waals surface area contributed by atoms with Crippen molar-refractivity contribution >= 4 is 65.6 Å². The van der Waals surface area contributed by atoms with Gasteiger partial charge in [0.05, 0.1) is 22.1 Å². The number of aromatic nitrogens is 2. The fraction of sp³-hybridized carbons (Fsp3) is 0. The van der Waals surface area contributed by atoms with Gasteiger partial charge in [0.2, 0.25) is 0 Å². The number of para-hydroxylation sites is 3. The van der Waals surface area contributed by atoms with Crippen LogP contribution in [0.1, 0.15) is 0 Å². The predicted molar refractivity (Wildman–Crippen MR) is 188 cm³/mol. The maximum atomic E-state index is 6.69. The van der Waals surface area contributed by atoms with Crippen LogP contribution in [0.3, 0.4) is 0 Å². The van der Waals surface area contributed by atoms with E-state index in [2.05, 4.69) is 161 Å². The molecule has 10 aromatic rings. The van der Waals surface area contributed by atoms with Crippen molar-refractivity contribution in [1.82, 2.24) is 9.13 Å². The molecule has 3 heteroatoms. The maximum absolute atomic E-state index is 6.69. The van der Waals surface area contributed by atoms with Crippen molar-refractivity contribution in [3.05, 3.63) is 158 Å². The Hall–Kier alpha value is -6.06. The summed E-state index contributed by atoms with van der Waals surface area (Å²) in [5, 5.41) is 7.14. The minimum atomic E-state index is 0.904. The minimum Gasteiger partial charge on any atom is -0.454 e. The Bertz CT molecular complexity index is 2740. The minimum absolute atomic E-state index is 0.904. The first-order valence-electron chi connectivity index (χ1n) is 15.4. The third kappa shape index (κ3) is 3.46. The summed E-state index contributed by atoms with van der Waals surface area (Å²) in [5.74, 6) is 0. The monoisotopic (exact) mass is 574 g/mol. The third-order valence-electron chi connectivity index (χ3n) is 9.29. The van der Waals surface area contributed by atoms with Gasteiger partial charge < -0.3 is 13.6 Å². The highest BCUT2D eigenvalue weighted by Gasteiger charge is 2.22. The smallest absolute Gasteiger partial charge is 0.160 e. The Morgan fingerprint density at radius 1 is 0.356 bits per heavy atom. The summed E-state index contributed by atoms with van der Waals surface area (Å²) in [6, 6.07) is 56.5. The number of rotatable bonds is 3. The molecular formula is C42H26N2O. The van der Waals surface area contributed by atoms with E-state index in [1.54, 1.807) is 0 Å². The van der Waals surface area contributed by atoms with Crippen molar-refractivity contribution in [1.29, 1.82) is 0 Å². The first-order valence-corrected chi connectivity index (χ1v) is 15.4. The van der Waals surface area contributed by atoms with Gasteiger partial charge in [0.1, 0.15) is 5.58 Å². The molecule has 0 amide bonds. The van der Waals surface area contributed by atoms with Crippen LogP contribution < -0.4 is 0 Å². The van der Waals surface area contributed by atoms with Crippen LogP contribution in [0.5, 0.6) is 0 Å². The molecule has 0 spiro atoms. The highest BCUT2D eigenvalue weighted by Crippen LogP contribution is 2.43. The molecule has 210 valence electrons. The van der Waals surface area contributed by atoms with Crippen molar-refractivity contribution in [3.63, 3.8) is 0 Å². The van der Waals surface area contributed by atoms with Gasteiger partial charge in [-0.2, -0.15) is 0 Å². The topological polar surface area (TPSA) is 23.0 Å². The molecule has 10 rings (SSSR count). The molecule has 0 aliphatic heterocycles. The van der Waals surface area contributed by atoms with Crippen molar-refractivity contribution in [2.24, 2.45) is 0 Å². The van der Waals surface area contributed by atoms with Crippen LogP contribution in [-0.4, -0.2) is 9.13 Å². The van der Waals surface area contributed by atoms with E-state index in [0.717, 1.165) is 44.3 Å². The number of hydrogen-bond donors (Lipinski definition) is 0. The molecule has 3 heterocycles. The first-order chi connectivity index (χ1) is 22.3. The Kier molecular flexibility index (Phi) is 5.00. The molecule has 0 saturated carbocycles. The second-order valence-electron chi connectivity index (χ2n) is 11.8. The molecule has 0 unspecified atom stereocenters. The van der Waals surface area contributed by atoms with E-state index in [9.17, 15) is 0 Å². The second-order valence-corrected chi connectivity index (χ2v) is 11.8. The first kappa shape index (κ1) is 24.4. The van der Waals surface area contributed by atoms with E-state index in [4.69, 9.17) is 4.42 Å². The van der Waals surface area contributed by atoms with Crippen LogP contribution in [0, 0.1) is 0 Å². The fourth-order valence-electron chi connectivity index (χ4n) is 7.32. The molecular weight excluding hydrogens is 548 g/mol. The van der Waals surface area contributed by atoms with Gasteiger partial charge in [0, 0.05) is 43.7 Å². The summed E-state index contributed by atoms with van der Waals surface area (Å²) in [6.07, 6.45) is 0. The van der Waals surface area contributed by atoms with Gasteiger partial charge in [-0.05, 0) is 65.7 Å². The van der Waals surface area contributed by atoms with Gasteiger partial charge in [-0.25, -0.2) is 0 Å². The zero-order valence-electron chi connectivity index (χ0n) is 24.3. The van der Waals surface area contributed by atoms with Gasteiger partial charge in [-0.3, -0.25) is 0 Å². The van der Waals surface area contributed by atoms with Crippen LogP contribution in [0.25, 0.3) is 88.1 Å². The zero-order chi connectivity index (χ0) is 29.5. The lowest BCUT2D eigenvalue weighted by molar-refractivity contribution is 0.671. The molecule has 3 aromatic heterocycles. The molecule has 0 atom stereocenters. The quantitative estimate of drug-likeness (QED) is 0.206. The van der Waals surface area contributed by atoms with Crippen LogP contribution in [0.4, 0.5) is 0 Å². The largest absolute Gasteiger partial charge is 0.454 e. The van der Waals surface area contributed by atoms with Gasteiger partial charge in [-0.1, -0.05) is 103 Å². The average Bonchev–Trinajstić information content (AvgIpc) is 3.75. The van der Waals surface area contributed by atoms with E-state index in [-0.39, 0.29) is 0 Å². The van der Waals surface area contributed by atoms with E-state index >= 15 is 0 Å². The summed E-state index contributed by atoms with van der Waals surface area (Å²) in [7, 11) is 0. The van der Waals surface area contributed by atoms with Gasteiger partial charge >= 0.3 is 0 Å². The van der Waals surface area contributed by atoms with Crippen LogP contribution in [-0.2, 0) is 0 Å². The van der Waals surface area contributed by atoms with Crippen molar-refractivity contribution in [2.45, 2.75) is 0 Å². The van der Waals surface area contributed by atoms with E-state index in [1.165, 1.54) is 43.7 Å². The molecule has 0 aliphatic rings. The maximum Gasteiger partial charge on any atom is 0.160 e. The number of fused-ring (bicyclic) bond motifs is 10. The van der Waals surface area contributed by atoms with Crippen LogP contribution in [0.2, 0.25) is 0 Å². The lowest BCUT2D eigenvalue weighted by Crippen LogP contribution is -1.96. The molecule has 0 radical (unpaired) electrons. The standard InChI is InChI=1S/C42H26N2O/c1-3-12-27(13-4-1)28-14-11-17-30(24-28)44-39-26-38-35(31-18-7-9-20-37(31)43(38)29-15-5-2-6-16-29)25-36(39)33-22-23-34-32-19-8-10-21-40(32)45-42(34)41(33)44/h1-26H. The molecule has 3 nitrogen and oxygen atoms in total. The summed E-state index contributed by atoms with van der Waals surface area (Å²) >= 11 is 0. The molecule has 45 heavy (non-hydrogen) atoms. The average molecular weight is 575 g/mol. The van der Waals surface area contributed by atoms with Crippen LogP contribution >= 0.6 is 0 Å². The molecule has 0 N–H and O–H groups in total. The second kappa shape index (κ2) is 9.22. The van der Waals surface area contributed by atoms with Gasteiger partial charge in [0.15, 0.2) is 5.58 Å². The zero-order valence-corrected chi connectivity index (χ0v) is 24.3. The predicted octanol–water partition coefficient (Wildman–Crippen LogP) is 11.4. The lowest BCUT2D eigenvalue weighted by atomic mass is 10.1. The lowest BCUT2D eigenvalue weighted by Gasteiger charge is -2.12. The van der Waals surface area contributed by atoms with Gasteiger partial charge in [-0.15, -0.1) is 0 Å². The summed E-state index contributed by atoms with van der Waals surface area (Å²) < 4.78 is 11.5. The summed E-state index contributed by atoms with van der Waals surface area (Å²) in [6.45, 7) is 0. The highest BCUT2D eigenvalue weighted by molar-refractivity contribution is 6.24. The van der Waals surface area contributed by atoms with Crippen LogP contribution in [0.15, 0.2) is 162 Å². The van der Waals surface area contributed by atoms with E-state index < -0.39 is 0 Å². The van der Waals surface area contributed by atoms with E-state index in [1.807, 2.05) is 6.07 Å². The summed E-state index contributed by atoms with van der Waals surface area (Å²) in [5.41, 5.74) is 11.1. The van der Waals surface area contributed by atoms with Crippen molar-refractivity contribution in [3.8, 4) is 22.5 Å². The Labute approximate surface area is 258 Å². The van der Waals surface area contributed by atoms with Gasteiger partial charge in [0.25, 0.3) is 0 Å². The Balaban J connectivity index is 1.40. The number of furan rings is 1. The SMILES string of the molecule is c1ccc(-c2cccc(-n3c4cc5c(cc4c4ccc6c7ccccc7oc6c43)c3ccccc3n5-c3ccccc3)c2)cc1. The summed E-state index contributed by atoms with van der Waals surface area (Å²) in [4.78, 5) is 0. The van der Waals surface area contributed by atoms with E-state index in [0.29, 0.717) is 0 Å². The molecule has 0 saturated heterocycles. The number of hydrogen-bond acceptors (Lipinski definition) is 1. The Morgan fingerprint density at radius 2 is 1.00 bits per heavy atom. The molecule has 0 aliphatic carbocycles. The Morgan fingerprint density at radius 3 is 1.87 bits per heavy atom. The molecule has 7 aromatic carbocycles. The fourth-order valence-corrected chi connectivity index (χ4v) is 7.32. The number of benzene rings is 7. The molecule has 0 fully saturated rings. The van der Waals surface area contributed by atoms with Crippen molar-refractivity contribution < 1.29 is 4.42 Å². The number of nitrogens with zero attached hydrogens (tertiary/aromatic N) is 2. The third-order valence-corrected chi connectivity index (χ3v) is 9.29. The molecule has 0 bridgehead atoms. The highest BCUT2D eigenvalue weighted by atomic mass is 16.3. The van der Waals surface area contributed by atoms with Crippen molar-refractivity contribution in [2.75, 3.05) is 0 Å². The normalized spacial score (nSPS) is 12.0.